The summed E-state index contributed by atoms with van der Waals surface area (Å²) in [4.78, 5) is 12.4. The lowest BCUT2D eigenvalue weighted by molar-refractivity contribution is -0.113. The number of carbonyl (C=O) groups excluding carboxylic acids is 1. The molecule has 0 bridgehead atoms. The zero-order valence-electron chi connectivity index (χ0n) is 30.1. The first-order valence-corrected chi connectivity index (χ1v) is 17.2. The molecule has 0 saturated carbocycles. The molecule has 0 aliphatic rings. The molecule has 0 aliphatic heterocycles. The van der Waals surface area contributed by atoms with Crippen LogP contribution < -0.4 is 9.47 Å². The predicted octanol–water partition coefficient (Wildman–Crippen LogP) is 11.3. The molecule has 0 radical (unpaired) electrons. The Morgan fingerprint density at radius 3 is 1.52 bits per heavy atom. The van der Waals surface area contributed by atoms with Crippen LogP contribution >= 0.6 is 11.8 Å². The minimum Gasteiger partial charge on any atom is -0.497 e. The van der Waals surface area contributed by atoms with E-state index in [4.69, 9.17) is 9.47 Å². The number of thioether (sulfide) groups is 1. The van der Waals surface area contributed by atoms with Crippen molar-refractivity contribution in [2.24, 2.45) is 10.8 Å². The summed E-state index contributed by atoms with van der Waals surface area (Å²) in [7, 11) is 3.37. The van der Waals surface area contributed by atoms with Gasteiger partial charge in [0.1, 0.15) is 17.8 Å². The van der Waals surface area contributed by atoms with E-state index in [2.05, 4.69) is 109 Å². The van der Waals surface area contributed by atoms with Crippen molar-refractivity contribution < 1.29 is 14.3 Å². The van der Waals surface area contributed by atoms with Gasteiger partial charge in [-0.3, -0.25) is 0 Å². The molecule has 3 nitrogen and oxygen atoms in total. The Kier molecular flexibility index (Phi) is 15.6. The lowest BCUT2D eigenvalue weighted by Crippen LogP contribution is -2.16. The van der Waals surface area contributed by atoms with E-state index in [9.17, 15) is 4.79 Å². The summed E-state index contributed by atoms with van der Waals surface area (Å²) >= 11 is 1.76. The molecule has 0 aliphatic carbocycles. The number of aldehydes is 1. The van der Waals surface area contributed by atoms with E-state index < -0.39 is 0 Å². The number of benzene rings is 4. The van der Waals surface area contributed by atoms with Crippen molar-refractivity contribution >= 4 is 18.0 Å². The Hall–Kier alpha value is -3.50. The van der Waals surface area contributed by atoms with Gasteiger partial charge in [0.25, 0.3) is 0 Å². The van der Waals surface area contributed by atoms with Gasteiger partial charge in [0, 0.05) is 16.1 Å². The number of rotatable bonds is 10. The quantitative estimate of drug-likeness (QED) is 0.128. The maximum absolute atomic E-state index is 11.1. The topological polar surface area (TPSA) is 35.5 Å². The predicted molar refractivity (Wildman–Crippen MR) is 199 cm³/mol. The summed E-state index contributed by atoms with van der Waals surface area (Å²) in [5, 5.41) is 0. The van der Waals surface area contributed by atoms with Crippen molar-refractivity contribution in [2.45, 2.75) is 86.5 Å². The van der Waals surface area contributed by atoms with Gasteiger partial charge in [-0.25, -0.2) is 0 Å². The lowest BCUT2D eigenvalue weighted by atomic mass is 9.94. The Morgan fingerprint density at radius 2 is 1.09 bits per heavy atom. The fraction of sp³-hybridized carbons (Fsp3) is 0.405. The molecule has 4 heteroatoms. The zero-order valence-corrected chi connectivity index (χ0v) is 30.9. The molecule has 4 aromatic rings. The first-order valence-electron chi connectivity index (χ1n) is 16.2. The molecule has 46 heavy (non-hydrogen) atoms. The third-order valence-corrected chi connectivity index (χ3v) is 9.40. The van der Waals surface area contributed by atoms with Crippen LogP contribution in [0.15, 0.2) is 89.8 Å². The number of carbonyl (C=O) groups is 1. The molecule has 0 fully saturated rings. The summed E-state index contributed by atoms with van der Waals surface area (Å²) in [6.45, 7) is 19.3. The van der Waals surface area contributed by atoms with E-state index in [0.717, 1.165) is 36.4 Å². The first kappa shape index (κ1) is 38.7. The molecule has 4 aromatic carbocycles. The second-order valence-electron chi connectivity index (χ2n) is 13.9. The van der Waals surface area contributed by atoms with Gasteiger partial charge in [0.2, 0.25) is 0 Å². The van der Waals surface area contributed by atoms with E-state index in [1.54, 1.807) is 26.0 Å². The van der Waals surface area contributed by atoms with Gasteiger partial charge in [-0.05, 0) is 97.2 Å². The summed E-state index contributed by atoms with van der Waals surface area (Å²) < 4.78 is 10.4. The molecule has 0 N–H and O–H groups in total. The van der Waals surface area contributed by atoms with Crippen molar-refractivity contribution in [1.82, 2.24) is 0 Å². The van der Waals surface area contributed by atoms with Crippen molar-refractivity contribution in [3.05, 3.63) is 124 Å². The first-order chi connectivity index (χ1) is 21.7. The van der Waals surface area contributed by atoms with Gasteiger partial charge >= 0.3 is 0 Å². The van der Waals surface area contributed by atoms with Gasteiger partial charge in [0.15, 0.2) is 0 Å². The van der Waals surface area contributed by atoms with Crippen LogP contribution in [0, 0.1) is 31.6 Å². The maximum Gasteiger partial charge on any atom is 0.126 e. The van der Waals surface area contributed by atoms with Crippen LogP contribution in [0.5, 0.6) is 11.5 Å². The van der Waals surface area contributed by atoms with Crippen LogP contribution in [0.3, 0.4) is 0 Å². The molecule has 4 rings (SSSR count). The van der Waals surface area contributed by atoms with Crippen LogP contribution in [-0.2, 0) is 17.6 Å². The van der Waals surface area contributed by atoms with Gasteiger partial charge in [-0.15, -0.1) is 11.8 Å². The molecule has 0 aromatic heterocycles. The van der Waals surface area contributed by atoms with E-state index in [-0.39, 0.29) is 5.41 Å². The fourth-order valence-corrected chi connectivity index (χ4v) is 5.28. The van der Waals surface area contributed by atoms with Crippen molar-refractivity contribution in [3.8, 4) is 11.5 Å². The third kappa shape index (κ3) is 14.3. The molecule has 0 atom stereocenters. The monoisotopic (exact) mass is 640 g/mol. The van der Waals surface area contributed by atoms with Crippen LogP contribution in [0.2, 0.25) is 0 Å². The van der Waals surface area contributed by atoms with Gasteiger partial charge in [-0.2, -0.15) is 0 Å². The maximum atomic E-state index is 11.1. The number of aryl methyl sites for hydroxylation is 3. The smallest absolute Gasteiger partial charge is 0.126 e. The Balaban J connectivity index is 0.000000280. The number of hydrogen-bond acceptors (Lipinski definition) is 4. The van der Waals surface area contributed by atoms with Gasteiger partial charge < -0.3 is 14.3 Å². The van der Waals surface area contributed by atoms with Crippen LogP contribution in [0.1, 0.15) is 86.9 Å². The van der Waals surface area contributed by atoms with Gasteiger partial charge in [-0.1, -0.05) is 114 Å². The zero-order chi connectivity index (χ0) is 34.3. The Labute approximate surface area is 284 Å². The molecule has 248 valence electrons. The lowest BCUT2D eigenvalue weighted by Gasteiger charge is -2.18. The fourth-order valence-electron chi connectivity index (χ4n) is 4.20. The Morgan fingerprint density at radius 1 is 0.652 bits per heavy atom. The average Bonchev–Trinajstić information content (AvgIpc) is 3.03. The summed E-state index contributed by atoms with van der Waals surface area (Å²) in [6.07, 6.45) is 4.18. The molecule has 0 heterocycles. The molecule has 0 spiro atoms. The average molecular weight is 641 g/mol. The SMILES string of the molecule is CCC(C)(C)C.COc1ccc(Cc2cc(C)ccc2C)cc1.COc1ccc(Cc2cc(C)ccc2SCC(C)(C)C=O)cc1. The van der Waals surface area contributed by atoms with E-state index in [0.29, 0.717) is 5.41 Å². The van der Waals surface area contributed by atoms with Crippen LogP contribution in [0.25, 0.3) is 0 Å². The van der Waals surface area contributed by atoms with Crippen LogP contribution in [0.4, 0.5) is 0 Å². The third-order valence-electron chi connectivity index (χ3n) is 7.81. The number of hydrogen-bond donors (Lipinski definition) is 0. The minimum atomic E-state index is -0.299. The summed E-state index contributed by atoms with van der Waals surface area (Å²) in [6, 6.07) is 29.6. The van der Waals surface area contributed by atoms with Crippen molar-refractivity contribution in [2.75, 3.05) is 20.0 Å². The summed E-state index contributed by atoms with van der Waals surface area (Å²) in [5.41, 5.74) is 9.45. The highest BCUT2D eigenvalue weighted by molar-refractivity contribution is 7.99. The normalized spacial score (nSPS) is 11.0. The Bertz CT molecular complexity index is 1480. The highest BCUT2D eigenvalue weighted by Gasteiger charge is 2.18. The van der Waals surface area contributed by atoms with E-state index in [1.165, 1.54) is 50.3 Å². The highest BCUT2D eigenvalue weighted by atomic mass is 32.2. The van der Waals surface area contributed by atoms with Crippen molar-refractivity contribution in [3.63, 3.8) is 0 Å². The summed E-state index contributed by atoms with van der Waals surface area (Å²) in [5.74, 6) is 2.57. The van der Waals surface area contributed by atoms with E-state index in [1.807, 2.05) is 38.1 Å². The molecular weight excluding hydrogens is 585 g/mol. The second kappa shape index (κ2) is 18.6. The highest BCUT2D eigenvalue weighted by Crippen LogP contribution is 2.31. The number of ether oxygens (including phenoxy) is 2. The second-order valence-corrected chi connectivity index (χ2v) is 14.9. The molecule has 0 saturated heterocycles. The standard InChI is InChI=1S/C20H24O2S.C16H18O.C6H14/c1-15-5-10-19(23-14-20(2,3)13-21)17(11-15)12-16-6-8-18(22-4)9-7-16;1-12-4-5-13(2)15(10-12)11-14-6-8-16(17-3)9-7-14;1-5-6(2,3)4/h5-11,13H,12,14H2,1-4H3;4-10H,11H2,1-3H3;5H2,1-4H3. The van der Waals surface area contributed by atoms with Gasteiger partial charge in [0.05, 0.1) is 14.2 Å². The largest absolute Gasteiger partial charge is 0.497 e. The number of methoxy groups -OCH3 is 2. The van der Waals surface area contributed by atoms with E-state index >= 15 is 0 Å². The molecule has 0 unspecified atom stereocenters. The minimum absolute atomic E-state index is 0.299. The molecule has 0 amide bonds. The van der Waals surface area contributed by atoms with Crippen LogP contribution in [-0.4, -0.2) is 26.3 Å². The molecular formula is C42H56O3S. The van der Waals surface area contributed by atoms with Crippen molar-refractivity contribution in [1.29, 1.82) is 0 Å².